The van der Waals surface area contributed by atoms with Crippen molar-refractivity contribution in [1.29, 1.82) is 0 Å². The molecule has 3 nitrogen and oxygen atoms in total. The fourth-order valence-corrected chi connectivity index (χ4v) is 2.55. The van der Waals surface area contributed by atoms with E-state index in [9.17, 15) is 9.90 Å². The summed E-state index contributed by atoms with van der Waals surface area (Å²) >= 11 is 0. The standard InChI is InChI=1S/C15H21NO2/c1-12-4-2-5-13(8-12)9-15(18)16-7-3-6-14(10-16)11-17/h2,4-5,8,14,17H,3,6-7,9-11H2,1H3. The molecule has 18 heavy (non-hydrogen) atoms. The van der Waals surface area contributed by atoms with E-state index in [2.05, 4.69) is 6.07 Å². The summed E-state index contributed by atoms with van der Waals surface area (Å²) < 4.78 is 0. The molecule has 0 spiro atoms. The van der Waals surface area contributed by atoms with E-state index >= 15 is 0 Å². The van der Waals surface area contributed by atoms with Crippen LogP contribution in [-0.2, 0) is 11.2 Å². The average Bonchev–Trinajstić information content (AvgIpc) is 2.39. The van der Waals surface area contributed by atoms with Gasteiger partial charge in [-0.15, -0.1) is 0 Å². The maximum absolute atomic E-state index is 12.2. The van der Waals surface area contributed by atoms with Crippen molar-refractivity contribution in [2.24, 2.45) is 5.92 Å². The maximum atomic E-state index is 12.2. The van der Waals surface area contributed by atoms with E-state index in [0.29, 0.717) is 13.0 Å². The number of aliphatic hydroxyl groups is 1. The van der Waals surface area contributed by atoms with Gasteiger partial charge in [0.15, 0.2) is 0 Å². The van der Waals surface area contributed by atoms with E-state index in [0.717, 1.165) is 24.9 Å². The smallest absolute Gasteiger partial charge is 0.227 e. The van der Waals surface area contributed by atoms with E-state index < -0.39 is 0 Å². The van der Waals surface area contributed by atoms with E-state index in [1.807, 2.05) is 30.0 Å². The number of carbonyl (C=O) groups is 1. The third kappa shape index (κ3) is 3.33. The summed E-state index contributed by atoms with van der Waals surface area (Å²) in [5.74, 6) is 0.443. The highest BCUT2D eigenvalue weighted by molar-refractivity contribution is 5.78. The van der Waals surface area contributed by atoms with Gasteiger partial charge in [-0.05, 0) is 31.2 Å². The monoisotopic (exact) mass is 247 g/mol. The normalized spacial score (nSPS) is 19.9. The first kappa shape index (κ1) is 13.1. The number of hydrogen-bond acceptors (Lipinski definition) is 2. The van der Waals surface area contributed by atoms with Crippen LogP contribution in [0.5, 0.6) is 0 Å². The Morgan fingerprint density at radius 3 is 3.06 bits per heavy atom. The molecule has 1 heterocycles. The summed E-state index contributed by atoms with van der Waals surface area (Å²) in [5, 5.41) is 9.18. The molecule has 1 fully saturated rings. The van der Waals surface area contributed by atoms with Crippen LogP contribution in [0, 0.1) is 12.8 Å². The van der Waals surface area contributed by atoms with Crippen LogP contribution in [0.25, 0.3) is 0 Å². The molecular formula is C15H21NO2. The van der Waals surface area contributed by atoms with Crippen LogP contribution in [0.15, 0.2) is 24.3 Å². The zero-order valence-electron chi connectivity index (χ0n) is 10.9. The van der Waals surface area contributed by atoms with Gasteiger partial charge in [0.25, 0.3) is 0 Å². The molecule has 0 aromatic heterocycles. The van der Waals surface area contributed by atoms with Gasteiger partial charge in [0.1, 0.15) is 0 Å². The molecule has 2 rings (SSSR count). The minimum atomic E-state index is 0.179. The molecule has 1 aliphatic heterocycles. The predicted octanol–water partition coefficient (Wildman–Crippen LogP) is 1.77. The summed E-state index contributed by atoms with van der Waals surface area (Å²) in [7, 11) is 0. The number of aryl methyl sites for hydroxylation is 1. The van der Waals surface area contributed by atoms with Crippen LogP contribution in [0.1, 0.15) is 24.0 Å². The lowest BCUT2D eigenvalue weighted by molar-refractivity contribution is -0.132. The topological polar surface area (TPSA) is 40.5 Å². The quantitative estimate of drug-likeness (QED) is 0.884. The predicted molar refractivity (Wildman–Crippen MR) is 71.3 cm³/mol. The van der Waals surface area contributed by atoms with Gasteiger partial charge in [0.2, 0.25) is 5.91 Å². The lowest BCUT2D eigenvalue weighted by Crippen LogP contribution is -2.41. The molecule has 1 amide bonds. The minimum absolute atomic E-state index is 0.179. The first-order chi connectivity index (χ1) is 8.69. The first-order valence-corrected chi connectivity index (χ1v) is 6.63. The Labute approximate surface area is 108 Å². The highest BCUT2D eigenvalue weighted by atomic mass is 16.3. The van der Waals surface area contributed by atoms with E-state index in [4.69, 9.17) is 0 Å². The van der Waals surface area contributed by atoms with Gasteiger partial charge in [-0.25, -0.2) is 0 Å². The Bertz CT molecular complexity index is 417. The molecular weight excluding hydrogens is 226 g/mol. The number of hydrogen-bond donors (Lipinski definition) is 1. The van der Waals surface area contributed by atoms with Crippen LogP contribution < -0.4 is 0 Å². The van der Waals surface area contributed by atoms with Crippen molar-refractivity contribution in [3.05, 3.63) is 35.4 Å². The summed E-state index contributed by atoms with van der Waals surface area (Å²) in [6.07, 6.45) is 2.51. The molecule has 3 heteroatoms. The SMILES string of the molecule is Cc1cccc(CC(=O)N2CCCC(CO)C2)c1. The van der Waals surface area contributed by atoms with Crippen molar-refractivity contribution in [3.63, 3.8) is 0 Å². The van der Waals surface area contributed by atoms with E-state index in [1.165, 1.54) is 5.56 Å². The third-order valence-corrected chi connectivity index (χ3v) is 3.57. The number of aliphatic hydroxyl groups excluding tert-OH is 1. The van der Waals surface area contributed by atoms with Gasteiger partial charge in [0.05, 0.1) is 6.42 Å². The Morgan fingerprint density at radius 2 is 2.33 bits per heavy atom. The summed E-state index contributed by atoms with van der Waals surface area (Å²) in [6.45, 7) is 3.77. The zero-order valence-corrected chi connectivity index (χ0v) is 10.9. The number of likely N-dealkylation sites (tertiary alicyclic amines) is 1. The van der Waals surface area contributed by atoms with E-state index in [1.54, 1.807) is 0 Å². The molecule has 1 unspecified atom stereocenters. The second kappa shape index (κ2) is 6.01. The van der Waals surface area contributed by atoms with Gasteiger partial charge >= 0.3 is 0 Å². The number of amides is 1. The Kier molecular flexibility index (Phi) is 4.37. The Balaban J connectivity index is 1.95. The number of nitrogens with zero attached hydrogens (tertiary/aromatic N) is 1. The second-order valence-electron chi connectivity index (χ2n) is 5.20. The van der Waals surface area contributed by atoms with E-state index in [-0.39, 0.29) is 18.4 Å². The molecule has 0 bridgehead atoms. The molecule has 1 aromatic rings. The largest absolute Gasteiger partial charge is 0.396 e. The van der Waals surface area contributed by atoms with Crippen molar-refractivity contribution in [2.45, 2.75) is 26.2 Å². The summed E-state index contributed by atoms with van der Waals surface area (Å²) in [5.41, 5.74) is 2.26. The molecule has 1 aliphatic rings. The molecule has 1 atom stereocenters. The molecule has 0 saturated carbocycles. The zero-order chi connectivity index (χ0) is 13.0. The van der Waals surface area contributed by atoms with Crippen LogP contribution in [0.4, 0.5) is 0 Å². The fraction of sp³-hybridized carbons (Fsp3) is 0.533. The number of benzene rings is 1. The molecule has 0 radical (unpaired) electrons. The van der Waals surface area contributed by atoms with Gasteiger partial charge in [-0.3, -0.25) is 4.79 Å². The van der Waals surface area contributed by atoms with Crippen LogP contribution in [0.2, 0.25) is 0 Å². The van der Waals surface area contributed by atoms with Gasteiger partial charge in [0, 0.05) is 19.7 Å². The van der Waals surface area contributed by atoms with Crippen molar-refractivity contribution in [1.82, 2.24) is 4.90 Å². The molecule has 1 saturated heterocycles. The summed E-state index contributed by atoms with van der Waals surface area (Å²) in [4.78, 5) is 14.1. The van der Waals surface area contributed by atoms with Crippen molar-refractivity contribution in [3.8, 4) is 0 Å². The lowest BCUT2D eigenvalue weighted by atomic mass is 9.98. The number of piperidine rings is 1. The van der Waals surface area contributed by atoms with Crippen LogP contribution in [-0.4, -0.2) is 35.6 Å². The Hall–Kier alpha value is -1.35. The molecule has 98 valence electrons. The summed E-state index contributed by atoms with van der Waals surface area (Å²) in [6, 6.07) is 8.09. The number of carbonyl (C=O) groups excluding carboxylic acids is 1. The molecule has 0 aliphatic carbocycles. The highest BCUT2D eigenvalue weighted by Crippen LogP contribution is 2.17. The second-order valence-corrected chi connectivity index (χ2v) is 5.20. The molecule has 1 aromatic carbocycles. The first-order valence-electron chi connectivity index (χ1n) is 6.63. The average molecular weight is 247 g/mol. The van der Waals surface area contributed by atoms with Crippen LogP contribution >= 0.6 is 0 Å². The van der Waals surface area contributed by atoms with Crippen LogP contribution in [0.3, 0.4) is 0 Å². The van der Waals surface area contributed by atoms with Gasteiger partial charge in [-0.2, -0.15) is 0 Å². The van der Waals surface area contributed by atoms with Crippen molar-refractivity contribution < 1.29 is 9.90 Å². The third-order valence-electron chi connectivity index (χ3n) is 3.57. The maximum Gasteiger partial charge on any atom is 0.227 e. The fourth-order valence-electron chi connectivity index (χ4n) is 2.55. The lowest BCUT2D eigenvalue weighted by Gasteiger charge is -2.32. The van der Waals surface area contributed by atoms with Gasteiger partial charge in [-0.1, -0.05) is 29.8 Å². The molecule has 1 N–H and O–H groups in total. The highest BCUT2D eigenvalue weighted by Gasteiger charge is 2.22. The number of rotatable bonds is 3. The Morgan fingerprint density at radius 1 is 1.50 bits per heavy atom. The van der Waals surface area contributed by atoms with Crippen molar-refractivity contribution >= 4 is 5.91 Å². The van der Waals surface area contributed by atoms with Gasteiger partial charge < -0.3 is 10.0 Å². The minimum Gasteiger partial charge on any atom is -0.396 e. The van der Waals surface area contributed by atoms with Crippen molar-refractivity contribution in [2.75, 3.05) is 19.7 Å².